The molecule has 2 unspecified atom stereocenters. The first-order chi connectivity index (χ1) is 8.70. The summed E-state index contributed by atoms with van der Waals surface area (Å²) < 4.78 is 11.0. The molecular weight excluding hydrogens is 234 g/mol. The van der Waals surface area contributed by atoms with Crippen molar-refractivity contribution < 1.29 is 19.7 Å². The van der Waals surface area contributed by atoms with Crippen LogP contribution >= 0.6 is 0 Å². The number of benzene rings is 1. The minimum atomic E-state index is -0.732. The van der Waals surface area contributed by atoms with Crippen molar-refractivity contribution in [1.29, 1.82) is 0 Å². The quantitative estimate of drug-likeness (QED) is 0.711. The van der Waals surface area contributed by atoms with E-state index < -0.39 is 6.10 Å². The van der Waals surface area contributed by atoms with Gasteiger partial charge >= 0.3 is 0 Å². The molecule has 3 N–H and O–H groups in total. The fourth-order valence-corrected chi connectivity index (χ4v) is 1.82. The van der Waals surface area contributed by atoms with Gasteiger partial charge in [0.2, 0.25) is 0 Å². The lowest BCUT2D eigenvalue weighted by atomic mass is 10.1. The molecular formula is C13H19NO4. The SMILES string of the molecule is CC(NCC(O)CO)c1ccc2c(c1)OCCO2. The van der Waals surface area contributed by atoms with E-state index in [2.05, 4.69) is 5.32 Å². The summed E-state index contributed by atoms with van der Waals surface area (Å²) in [5, 5.41) is 21.2. The highest BCUT2D eigenvalue weighted by molar-refractivity contribution is 5.44. The van der Waals surface area contributed by atoms with Crippen LogP contribution in [0.15, 0.2) is 18.2 Å². The summed E-state index contributed by atoms with van der Waals surface area (Å²) in [5.74, 6) is 1.53. The number of hydrogen-bond acceptors (Lipinski definition) is 5. The van der Waals surface area contributed by atoms with Crippen LogP contribution in [0.4, 0.5) is 0 Å². The van der Waals surface area contributed by atoms with Crippen LogP contribution < -0.4 is 14.8 Å². The molecule has 2 rings (SSSR count). The third kappa shape index (κ3) is 3.13. The lowest BCUT2D eigenvalue weighted by Gasteiger charge is -2.21. The van der Waals surface area contributed by atoms with Gasteiger partial charge in [-0.05, 0) is 24.6 Å². The molecule has 0 radical (unpaired) electrons. The number of aliphatic hydroxyl groups is 2. The lowest BCUT2D eigenvalue weighted by molar-refractivity contribution is 0.0923. The second-order valence-electron chi connectivity index (χ2n) is 4.37. The highest BCUT2D eigenvalue weighted by Gasteiger charge is 2.14. The van der Waals surface area contributed by atoms with Gasteiger partial charge in [-0.25, -0.2) is 0 Å². The van der Waals surface area contributed by atoms with E-state index in [0.29, 0.717) is 19.8 Å². The topological polar surface area (TPSA) is 71.0 Å². The van der Waals surface area contributed by atoms with Gasteiger partial charge in [-0.2, -0.15) is 0 Å². The second kappa shape index (κ2) is 6.04. The highest BCUT2D eigenvalue weighted by Crippen LogP contribution is 2.32. The smallest absolute Gasteiger partial charge is 0.161 e. The minimum absolute atomic E-state index is 0.0713. The molecule has 0 fully saturated rings. The third-order valence-corrected chi connectivity index (χ3v) is 2.94. The van der Waals surface area contributed by atoms with Crippen molar-refractivity contribution in [3.05, 3.63) is 23.8 Å². The molecule has 5 nitrogen and oxygen atoms in total. The van der Waals surface area contributed by atoms with E-state index in [9.17, 15) is 5.11 Å². The summed E-state index contributed by atoms with van der Waals surface area (Å²) >= 11 is 0. The first kappa shape index (κ1) is 13.1. The molecule has 1 aromatic carbocycles. The zero-order valence-corrected chi connectivity index (χ0v) is 10.4. The van der Waals surface area contributed by atoms with E-state index in [1.54, 1.807) is 0 Å². The van der Waals surface area contributed by atoms with Crippen LogP contribution in [-0.4, -0.2) is 42.7 Å². The monoisotopic (exact) mass is 253 g/mol. The van der Waals surface area contributed by atoms with E-state index in [-0.39, 0.29) is 12.6 Å². The summed E-state index contributed by atoms with van der Waals surface area (Å²) in [6, 6.07) is 5.88. The fourth-order valence-electron chi connectivity index (χ4n) is 1.82. The van der Waals surface area contributed by atoms with E-state index in [1.165, 1.54) is 0 Å². The molecule has 1 aliphatic rings. The molecule has 0 saturated carbocycles. The van der Waals surface area contributed by atoms with Gasteiger partial charge < -0.3 is 25.0 Å². The molecule has 1 aliphatic heterocycles. The minimum Gasteiger partial charge on any atom is -0.486 e. The Kier molecular flexibility index (Phi) is 4.41. The average Bonchev–Trinajstić information content (AvgIpc) is 2.43. The lowest BCUT2D eigenvalue weighted by Crippen LogP contribution is -2.31. The Morgan fingerprint density at radius 1 is 1.28 bits per heavy atom. The molecule has 0 aliphatic carbocycles. The zero-order valence-electron chi connectivity index (χ0n) is 10.4. The van der Waals surface area contributed by atoms with Gasteiger partial charge in [0.05, 0.1) is 12.7 Å². The number of aliphatic hydroxyl groups excluding tert-OH is 2. The Hall–Kier alpha value is -1.30. The van der Waals surface area contributed by atoms with Gasteiger partial charge in [0.25, 0.3) is 0 Å². The van der Waals surface area contributed by atoms with Crippen molar-refractivity contribution in [1.82, 2.24) is 5.32 Å². The molecule has 0 bridgehead atoms. The van der Waals surface area contributed by atoms with Crippen molar-refractivity contribution in [3.8, 4) is 11.5 Å². The van der Waals surface area contributed by atoms with E-state index >= 15 is 0 Å². The molecule has 1 heterocycles. The van der Waals surface area contributed by atoms with Crippen LogP contribution in [0.1, 0.15) is 18.5 Å². The molecule has 0 spiro atoms. The Balaban J connectivity index is 1.99. The van der Waals surface area contributed by atoms with Gasteiger partial charge in [-0.1, -0.05) is 6.07 Å². The molecule has 5 heteroatoms. The number of fused-ring (bicyclic) bond motifs is 1. The Bertz CT molecular complexity index is 397. The second-order valence-corrected chi connectivity index (χ2v) is 4.37. The van der Waals surface area contributed by atoms with E-state index in [1.807, 2.05) is 25.1 Å². The third-order valence-electron chi connectivity index (χ3n) is 2.94. The van der Waals surface area contributed by atoms with Gasteiger partial charge in [0.1, 0.15) is 13.2 Å². The Labute approximate surface area is 106 Å². The Morgan fingerprint density at radius 2 is 2.00 bits per heavy atom. The maximum absolute atomic E-state index is 9.29. The van der Waals surface area contributed by atoms with Crippen LogP contribution in [0.25, 0.3) is 0 Å². The van der Waals surface area contributed by atoms with Gasteiger partial charge in [0, 0.05) is 12.6 Å². The summed E-state index contributed by atoms with van der Waals surface area (Å²) in [7, 11) is 0. The zero-order chi connectivity index (χ0) is 13.0. The number of nitrogens with one attached hydrogen (secondary N) is 1. The molecule has 0 amide bonds. The Morgan fingerprint density at radius 3 is 2.72 bits per heavy atom. The van der Waals surface area contributed by atoms with Crippen molar-refractivity contribution in [2.45, 2.75) is 19.1 Å². The molecule has 0 aromatic heterocycles. The van der Waals surface area contributed by atoms with Crippen LogP contribution in [0, 0.1) is 0 Å². The summed E-state index contributed by atoms with van der Waals surface area (Å²) in [6.45, 7) is 3.27. The summed E-state index contributed by atoms with van der Waals surface area (Å²) in [6.07, 6.45) is -0.732. The fraction of sp³-hybridized carbons (Fsp3) is 0.538. The predicted molar refractivity (Wildman–Crippen MR) is 66.9 cm³/mol. The number of rotatable bonds is 5. The average molecular weight is 253 g/mol. The first-order valence-electron chi connectivity index (χ1n) is 6.12. The van der Waals surface area contributed by atoms with Gasteiger partial charge in [0.15, 0.2) is 11.5 Å². The normalized spacial score (nSPS) is 17.3. The highest BCUT2D eigenvalue weighted by atomic mass is 16.6. The van der Waals surface area contributed by atoms with Crippen LogP contribution in [0.5, 0.6) is 11.5 Å². The number of ether oxygens (including phenoxy) is 2. The largest absolute Gasteiger partial charge is 0.486 e. The van der Waals surface area contributed by atoms with Gasteiger partial charge in [-0.15, -0.1) is 0 Å². The molecule has 100 valence electrons. The van der Waals surface area contributed by atoms with Crippen LogP contribution in [0.2, 0.25) is 0 Å². The molecule has 1 aromatic rings. The maximum atomic E-state index is 9.29. The van der Waals surface area contributed by atoms with E-state index in [0.717, 1.165) is 17.1 Å². The number of hydrogen-bond donors (Lipinski definition) is 3. The summed E-state index contributed by atoms with van der Waals surface area (Å²) in [5.41, 5.74) is 1.06. The van der Waals surface area contributed by atoms with Crippen molar-refractivity contribution in [3.63, 3.8) is 0 Å². The predicted octanol–water partition coefficient (Wildman–Crippen LogP) is 0.462. The molecule has 2 atom stereocenters. The van der Waals surface area contributed by atoms with Crippen molar-refractivity contribution in [2.75, 3.05) is 26.4 Å². The van der Waals surface area contributed by atoms with E-state index in [4.69, 9.17) is 14.6 Å². The molecule has 18 heavy (non-hydrogen) atoms. The van der Waals surface area contributed by atoms with Gasteiger partial charge in [-0.3, -0.25) is 0 Å². The first-order valence-corrected chi connectivity index (χ1v) is 6.12. The van der Waals surface area contributed by atoms with Crippen LogP contribution in [-0.2, 0) is 0 Å². The van der Waals surface area contributed by atoms with Crippen molar-refractivity contribution >= 4 is 0 Å². The van der Waals surface area contributed by atoms with Crippen LogP contribution in [0.3, 0.4) is 0 Å². The standard InChI is InChI=1S/C13H19NO4/c1-9(14-7-11(16)8-15)10-2-3-12-13(6-10)18-5-4-17-12/h2-3,6,9,11,14-16H,4-5,7-8H2,1H3. The maximum Gasteiger partial charge on any atom is 0.161 e. The molecule has 0 saturated heterocycles. The van der Waals surface area contributed by atoms with Crippen molar-refractivity contribution in [2.24, 2.45) is 0 Å². The summed E-state index contributed by atoms with van der Waals surface area (Å²) in [4.78, 5) is 0.